The molecule has 4 rings (SSSR count). The molecule has 0 saturated carbocycles. The highest BCUT2D eigenvalue weighted by atomic mass is 79.9. The smallest absolute Gasteiger partial charge is 0.238 e. The lowest BCUT2D eigenvalue weighted by molar-refractivity contribution is -0.122. The van der Waals surface area contributed by atoms with Crippen LogP contribution < -0.4 is 10.0 Å². The summed E-state index contributed by atoms with van der Waals surface area (Å²) in [6.45, 7) is 2.66. The molecule has 0 bridgehead atoms. The number of nitrogens with two attached hydrogens (primary N) is 1. The summed E-state index contributed by atoms with van der Waals surface area (Å²) in [5.41, 5.74) is 4.06. The van der Waals surface area contributed by atoms with Crippen LogP contribution in [0.25, 0.3) is 0 Å². The number of carbonyl (C=O) groups is 1. The Bertz CT molecular complexity index is 1020. The number of hydrogen-bond donors (Lipinski definition) is 1. The Morgan fingerprint density at radius 3 is 2.65 bits per heavy atom. The van der Waals surface area contributed by atoms with Crippen molar-refractivity contribution in [2.24, 2.45) is 11.1 Å². The van der Waals surface area contributed by atoms with Crippen LogP contribution in [-0.4, -0.2) is 20.9 Å². The molecule has 0 saturated heterocycles. The monoisotopic (exact) mass is 434 g/mol. The zero-order valence-corrected chi connectivity index (χ0v) is 16.7. The second-order valence-corrected chi connectivity index (χ2v) is 9.49. The van der Waals surface area contributed by atoms with Gasteiger partial charge in [0, 0.05) is 22.6 Å². The van der Waals surface area contributed by atoms with Gasteiger partial charge in [-0.05, 0) is 59.7 Å². The number of hydrogen-bond acceptors (Lipinski definition) is 3. The van der Waals surface area contributed by atoms with E-state index >= 15 is 0 Å². The molecule has 1 aliphatic carbocycles. The van der Waals surface area contributed by atoms with Crippen molar-refractivity contribution in [3.8, 4) is 0 Å². The predicted molar refractivity (Wildman–Crippen MR) is 104 cm³/mol. The molecule has 136 valence electrons. The van der Waals surface area contributed by atoms with E-state index in [0.717, 1.165) is 16.5 Å². The number of halogens is 1. The maximum absolute atomic E-state index is 13.3. The van der Waals surface area contributed by atoms with E-state index in [0.29, 0.717) is 18.7 Å². The number of benzene rings is 2. The van der Waals surface area contributed by atoms with Gasteiger partial charge in [0.05, 0.1) is 4.90 Å². The second-order valence-electron chi connectivity index (χ2n) is 7.02. The first-order chi connectivity index (χ1) is 12.3. The van der Waals surface area contributed by atoms with Crippen LogP contribution in [0.1, 0.15) is 29.5 Å². The molecule has 1 heterocycles. The van der Waals surface area contributed by atoms with Gasteiger partial charge in [0.25, 0.3) is 0 Å². The lowest BCUT2D eigenvalue weighted by atomic mass is 9.93. The SMILES string of the molecule is CC1c2cc(Br)ccc2CC1C(=O)N1CCc2ccc(S(N)(=O)=O)cc21. The maximum Gasteiger partial charge on any atom is 0.238 e. The quantitative estimate of drug-likeness (QED) is 0.788. The third-order valence-corrected chi connectivity index (χ3v) is 6.91. The molecule has 0 aromatic heterocycles. The number of carbonyl (C=O) groups excluding carboxylic acids is 1. The Balaban J connectivity index is 1.66. The van der Waals surface area contributed by atoms with Crippen molar-refractivity contribution in [2.45, 2.75) is 30.6 Å². The van der Waals surface area contributed by atoms with Crippen LogP contribution in [0.15, 0.2) is 45.8 Å². The molecular weight excluding hydrogens is 416 g/mol. The summed E-state index contributed by atoms with van der Waals surface area (Å²) >= 11 is 3.50. The van der Waals surface area contributed by atoms with E-state index in [1.807, 2.05) is 6.07 Å². The van der Waals surface area contributed by atoms with Gasteiger partial charge in [-0.15, -0.1) is 0 Å². The number of fused-ring (bicyclic) bond motifs is 2. The van der Waals surface area contributed by atoms with Crippen molar-refractivity contribution < 1.29 is 13.2 Å². The number of amides is 1. The lowest BCUT2D eigenvalue weighted by Crippen LogP contribution is -2.36. The molecule has 2 unspecified atom stereocenters. The van der Waals surface area contributed by atoms with Gasteiger partial charge in [0.15, 0.2) is 0 Å². The van der Waals surface area contributed by atoms with Crippen LogP contribution in [0.2, 0.25) is 0 Å². The standard InChI is InChI=1S/C19H19BrN2O3S/c1-11-16-9-14(20)4-2-13(16)8-17(11)19(23)22-7-6-12-3-5-15(10-18(12)22)26(21,24)25/h2-5,9-11,17H,6-8H2,1H3,(H2,21,24,25). The Labute approximate surface area is 161 Å². The van der Waals surface area contributed by atoms with Gasteiger partial charge in [-0.3, -0.25) is 4.79 Å². The number of rotatable bonds is 2. The Morgan fingerprint density at radius 2 is 1.92 bits per heavy atom. The van der Waals surface area contributed by atoms with E-state index < -0.39 is 10.0 Å². The Morgan fingerprint density at radius 1 is 1.19 bits per heavy atom. The minimum absolute atomic E-state index is 0.0441. The van der Waals surface area contributed by atoms with Gasteiger partial charge in [-0.25, -0.2) is 13.6 Å². The number of primary sulfonamides is 1. The van der Waals surface area contributed by atoms with Gasteiger partial charge in [-0.2, -0.15) is 0 Å². The highest BCUT2D eigenvalue weighted by Gasteiger charge is 2.39. The highest BCUT2D eigenvalue weighted by Crippen LogP contribution is 2.41. The first-order valence-corrected chi connectivity index (χ1v) is 10.8. The number of nitrogens with zero attached hydrogens (tertiary/aromatic N) is 1. The third kappa shape index (κ3) is 2.88. The molecule has 7 heteroatoms. The first-order valence-electron chi connectivity index (χ1n) is 8.51. The van der Waals surface area contributed by atoms with E-state index in [2.05, 4.69) is 35.0 Å². The molecule has 2 N–H and O–H groups in total. The van der Waals surface area contributed by atoms with Crippen molar-refractivity contribution in [3.05, 3.63) is 57.6 Å². The first kappa shape index (κ1) is 17.7. The van der Waals surface area contributed by atoms with Crippen LogP contribution in [0, 0.1) is 5.92 Å². The molecule has 0 spiro atoms. The molecule has 2 atom stereocenters. The van der Waals surface area contributed by atoms with Crippen molar-refractivity contribution in [3.63, 3.8) is 0 Å². The molecule has 0 fully saturated rings. The zero-order valence-electron chi connectivity index (χ0n) is 14.3. The average molecular weight is 435 g/mol. The van der Waals surface area contributed by atoms with E-state index in [9.17, 15) is 13.2 Å². The highest BCUT2D eigenvalue weighted by molar-refractivity contribution is 9.10. The van der Waals surface area contributed by atoms with Crippen molar-refractivity contribution in [2.75, 3.05) is 11.4 Å². The van der Waals surface area contributed by atoms with E-state index in [-0.39, 0.29) is 22.6 Å². The van der Waals surface area contributed by atoms with Gasteiger partial charge < -0.3 is 4.90 Å². The third-order valence-electron chi connectivity index (χ3n) is 5.51. The molecule has 1 aliphatic heterocycles. The van der Waals surface area contributed by atoms with Gasteiger partial charge in [-0.1, -0.05) is 35.0 Å². The second kappa shape index (κ2) is 6.18. The Kier molecular flexibility index (Phi) is 4.21. The van der Waals surface area contributed by atoms with Crippen molar-refractivity contribution >= 4 is 37.5 Å². The fourth-order valence-corrected chi connectivity index (χ4v) is 4.98. The summed E-state index contributed by atoms with van der Waals surface area (Å²) in [4.78, 5) is 15.0. The molecule has 1 amide bonds. The van der Waals surface area contributed by atoms with Crippen LogP contribution in [0.4, 0.5) is 5.69 Å². The van der Waals surface area contributed by atoms with Crippen molar-refractivity contribution in [1.82, 2.24) is 0 Å². The minimum Gasteiger partial charge on any atom is -0.312 e. The lowest BCUT2D eigenvalue weighted by Gasteiger charge is -2.24. The average Bonchev–Trinajstić information content (AvgIpc) is 3.15. The zero-order chi connectivity index (χ0) is 18.6. The summed E-state index contributed by atoms with van der Waals surface area (Å²) in [5.74, 6) is 0.0407. The molecular formula is C19H19BrN2O3S. The Hall–Kier alpha value is -1.70. The van der Waals surface area contributed by atoms with E-state index in [1.165, 1.54) is 23.3 Å². The van der Waals surface area contributed by atoms with E-state index in [1.54, 1.807) is 11.0 Å². The maximum atomic E-state index is 13.3. The molecule has 2 aromatic carbocycles. The largest absolute Gasteiger partial charge is 0.312 e. The fourth-order valence-electron chi connectivity index (χ4n) is 4.07. The number of sulfonamides is 1. The summed E-state index contributed by atoms with van der Waals surface area (Å²) in [7, 11) is -3.79. The molecule has 2 aliphatic rings. The van der Waals surface area contributed by atoms with Crippen LogP contribution in [0.3, 0.4) is 0 Å². The van der Waals surface area contributed by atoms with Gasteiger partial charge in [0.1, 0.15) is 0 Å². The molecule has 0 radical (unpaired) electrons. The summed E-state index contributed by atoms with van der Waals surface area (Å²) < 4.78 is 24.4. The normalized spacial score (nSPS) is 21.6. The summed E-state index contributed by atoms with van der Waals surface area (Å²) in [5, 5.41) is 5.25. The van der Waals surface area contributed by atoms with Crippen molar-refractivity contribution in [1.29, 1.82) is 0 Å². The number of anilines is 1. The van der Waals surface area contributed by atoms with Crippen LogP contribution >= 0.6 is 15.9 Å². The van der Waals surface area contributed by atoms with Gasteiger partial charge >= 0.3 is 0 Å². The fraction of sp³-hybridized carbons (Fsp3) is 0.316. The summed E-state index contributed by atoms with van der Waals surface area (Å²) in [6, 6.07) is 10.9. The predicted octanol–water partition coefficient (Wildman–Crippen LogP) is 2.96. The van der Waals surface area contributed by atoms with Crippen LogP contribution in [0.5, 0.6) is 0 Å². The molecule has 26 heavy (non-hydrogen) atoms. The molecule has 5 nitrogen and oxygen atoms in total. The van der Waals surface area contributed by atoms with Crippen LogP contribution in [-0.2, 0) is 27.7 Å². The van der Waals surface area contributed by atoms with E-state index in [4.69, 9.17) is 5.14 Å². The molecule has 2 aromatic rings. The van der Waals surface area contributed by atoms with Gasteiger partial charge in [0.2, 0.25) is 15.9 Å². The summed E-state index contributed by atoms with van der Waals surface area (Å²) in [6.07, 6.45) is 1.44. The topological polar surface area (TPSA) is 80.5 Å². The minimum atomic E-state index is -3.79.